The van der Waals surface area contributed by atoms with E-state index in [1.54, 1.807) is 13.8 Å². The van der Waals surface area contributed by atoms with Gasteiger partial charge in [0.25, 0.3) is 11.6 Å². The summed E-state index contributed by atoms with van der Waals surface area (Å²) in [6.07, 6.45) is 0.0873. The number of esters is 1. The first-order chi connectivity index (χ1) is 9.86. The monoisotopic (exact) mass is 294 g/mol. The highest BCUT2D eigenvalue weighted by molar-refractivity contribution is 5.95. The van der Waals surface area contributed by atoms with E-state index in [4.69, 9.17) is 4.74 Å². The number of amides is 1. The zero-order valence-electron chi connectivity index (χ0n) is 12.3. The molecule has 0 aliphatic carbocycles. The van der Waals surface area contributed by atoms with Gasteiger partial charge in [0.05, 0.1) is 18.0 Å². The van der Waals surface area contributed by atoms with Crippen molar-refractivity contribution in [2.45, 2.75) is 20.3 Å². The summed E-state index contributed by atoms with van der Waals surface area (Å²) in [7, 11) is 1.53. The molecule has 1 rings (SSSR count). The fourth-order valence-corrected chi connectivity index (χ4v) is 1.75. The Morgan fingerprint density at radius 1 is 1.38 bits per heavy atom. The van der Waals surface area contributed by atoms with Crippen LogP contribution in [-0.2, 0) is 9.53 Å². The molecule has 7 heteroatoms. The van der Waals surface area contributed by atoms with Crippen molar-refractivity contribution >= 4 is 17.6 Å². The van der Waals surface area contributed by atoms with Gasteiger partial charge in [-0.2, -0.15) is 0 Å². The van der Waals surface area contributed by atoms with Crippen LogP contribution in [-0.4, -0.2) is 41.9 Å². The molecule has 1 amide bonds. The number of carbonyl (C=O) groups is 2. The molecule has 0 saturated carbocycles. The fourth-order valence-electron chi connectivity index (χ4n) is 1.75. The Balaban J connectivity index is 2.76. The summed E-state index contributed by atoms with van der Waals surface area (Å²) in [5, 5.41) is 10.9. The molecule has 114 valence electrons. The molecule has 1 aromatic rings. The van der Waals surface area contributed by atoms with Crippen molar-refractivity contribution in [2.24, 2.45) is 0 Å². The Kier molecular flexibility index (Phi) is 5.83. The third-order valence-electron chi connectivity index (χ3n) is 2.96. The van der Waals surface area contributed by atoms with Gasteiger partial charge in [-0.15, -0.1) is 0 Å². The normalized spacial score (nSPS) is 10.0. The lowest BCUT2D eigenvalue weighted by Gasteiger charge is -2.16. The van der Waals surface area contributed by atoms with Crippen LogP contribution in [0.1, 0.15) is 29.3 Å². The first-order valence-corrected chi connectivity index (χ1v) is 6.53. The minimum Gasteiger partial charge on any atom is -0.466 e. The smallest absolute Gasteiger partial charge is 0.307 e. The molecule has 0 bridgehead atoms. The highest BCUT2D eigenvalue weighted by Crippen LogP contribution is 2.20. The van der Waals surface area contributed by atoms with Crippen molar-refractivity contribution < 1.29 is 19.2 Å². The zero-order chi connectivity index (χ0) is 16.0. The van der Waals surface area contributed by atoms with E-state index < -0.39 is 4.92 Å². The number of ether oxygens (including phenoxy) is 1. The lowest BCUT2D eigenvalue weighted by atomic mass is 10.1. The Labute approximate surface area is 122 Å². The van der Waals surface area contributed by atoms with Crippen LogP contribution in [0.4, 0.5) is 5.69 Å². The minimum absolute atomic E-state index is 0.0873. The average molecular weight is 294 g/mol. The van der Waals surface area contributed by atoms with Crippen LogP contribution in [0.15, 0.2) is 18.2 Å². The first kappa shape index (κ1) is 16.6. The summed E-state index contributed by atoms with van der Waals surface area (Å²) in [5.41, 5.74) is 0.615. The van der Waals surface area contributed by atoms with Gasteiger partial charge in [0.1, 0.15) is 0 Å². The van der Waals surface area contributed by atoms with Crippen molar-refractivity contribution in [1.82, 2.24) is 4.90 Å². The summed E-state index contributed by atoms with van der Waals surface area (Å²) < 4.78 is 4.78. The van der Waals surface area contributed by atoms with Crippen molar-refractivity contribution in [3.8, 4) is 0 Å². The van der Waals surface area contributed by atoms with Crippen molar-refractivity contribution in [2.75, 3.05) is 20.2 Å². The summed E-state index contributed by atoms with van der Waals surface area (Å²) in [5.74, 6) is -0.755. The number of nitro benzene ring substituents is 1. The van der Waals surface area contributed by atoms with Gasteiger partial charge in [0, 0.05) is 30.8 Å². The van der Waals surface area contributed by atoms with E-state index >= 15 is 0 Å². The largest absolute Gasteiger partial charge is 0.466 e. The quantitative estimate of drug-likeness (QED) is 0.454. The van der Waals surface area contributed by atoms with Gasteiger partial charge < -0.3 is 9.64 Å². The van der Waals surface area contributed by atoms with Crippen LogP contribution >= 0.6 is 0 Å². The van der Waals surface area contributed by atoms with Gasteiger partial charge in [-0.05, 0) is 19.9 Å². The van der Waals surface area contributed by atoms with Gasteiger partial charge >= 0.3 is 5.97 Å². The Hall–Kier alpha value is -2.44. The van der Waals surface area contributed by atoms with Crippen molar-refractivity contribution in [3.63, 3.8) is 0 Å². The molecule has 1 aromatic carbocycles. The fraction of sp³-hybridized carbons (Fsp3) is 0.429. The number of nitrogens with zero attached hydrogens (tertiary/aromatic N) is 2. The molecule has 0 spiro atoms. The molecule has 0 aliphatic heterocycles. The predicted molar refractivity (Wildman–Crippen MR) is 76.0 cm³/mol. The first-order valence-electron chi connectivity index (χ1n) is 6.53. The minimum atomic E-state index is -0.523. The van der Waals surface area contributed by atoms with Crippen LogP contribution in [0.3, 0.4) is 0 Å². The molecule has 0 atom stereocenters. The van der Waals surface area contributed by atoms with Crippen molar-refractivity contribution in [1.29, 1.82) is 0 Å². The van der Waals surface area contributed by atoms with E-state index in [9.17, 15) is 19.7 Å². The summed E-state index contributed by atoms with van der Waals surface area (Å²) in [6, 6.07) is 4.31. The van der Waals surface area contributed by atoms with Crippen LogP contribution in [0.2, 0.25) is 0 Å². The molecule has 0 fully saturated rings. The number of aryl methyl sites for hydroxylation is 1. The molecule has 7 nitrogen and oxygen atoms in total. The Morgan fingerprint density at radius 3 is 2.62 bits per heavy atom. The third kappa shape index (κ3) is 4.55. The molecular weight excluding hydrogens is 276 g/mol. The third-order valence-corrected chi connectivity index (χ3v) is 2.96. The second-order valence-corrected chi connectivity index (χ2v) is 4.54. The SMILES string of the molecule is CCOC(=O)CCN(C)C(=O)c1ccc(C)c([N+](=O)[O-])c1. The Bertz CT molecular complexity index is 556. The predicted octanol–water partition coefficient (Wildman–Crippen LogP) is 1.93. The summed E-state index contributed by atoms with van der Waals surface area (Å²) in [4.78, 5) is 35.1. The van der Waals surface area contributed by atoms with Gasteiger partial charge in [0.15, 0.2) is 0 Å². The average Bonchev–Trinajstić information content (AvgIpc) is 2.44. The van der Waals surface area contributed by atoms with E-state index in [2.05, 4.69) is 0 Å². The number of hydrogen-bond donors (Lipinski definition) is 0. The maximum Gasteiger partial charge on any atom is 0.307 e. The molecule has 21 heavy (non-hydrogen) atoms. The second-order valence-electron chi connectivity index (χ2n) is 4.54. The molecule has 0 radical (unpaired) electrons. The number of nitro groups is 1. The molecule has 0 heterocycles. The number of carbonyl (C=O) groups excluding carboxylic acids is 2. The van der Waals surface area contributed by atoms with E-state index in [0.29, 0.717) is 12.2 Å². The van der Waals surface area contributed by atoms with Crippen LogP contribution < -0.4 is 0 Å². The van der Waals surface area contributed by atoms with Crippen LogP contribution in [0.25, 0.3) is 0 Å². The molecule has 0 saturated heterocycles. The van der Waals surface area contributed by atoms with Gasteiger partial charge in [-0.25, -0.2) is 0 Å². The number of rotatable bonds is 6. The summed E-state index contributed by atoms with van der Waals surface area (Å²) >= 11 is 0. The number of benzene rings is 1. The lowest BCUT2D eigenvalue weighted by molar-refractivity contribution is -0.385. The molecular formula is C14H18N2O5. The second kappa shape index (κ2) is 7.37. The van der Waals surface area contributed by atoms with Crippen LogP contribution in [0.5, 0.6) is 0 Å². The molecule has 0 unspecified atom stereocenters. The maximum atomic E-state index is 12.2. The summed E-state index contributed by atoms with van der Waals surface area (Å²) in [6.45, 7) is 3.80. The maximum absolute atomic E-state index is 12.2. The van der Waals surface area contributed by atoms with E-state index in [0.717, 1.165) is 0 Å². The molecule has 0 aromatic heterocycles. The highest BCUT2D eigenvalue weighted by atomic mass is 16.6. The standard InChI is InChI=1S/C14H18N2O5/c1-4-21-13(17)7-8-15(3)14(18)11-6-5-10(2)12(9-11)16(19)20/h5-6,9H,4,7-8H2,1-3H3. The topological polar surface area (TPSA) is 89.8 Å². The van der Waals surface area contributed by atoms with Crippen LogP contribution in [0, 0.1) is 17.0 Å². The molecule has 0 aliphatic rings. The highest BCUT2D eigenvalue weighted by Gasteiger charge is 2.18. The van der Waals surface area contributed by atoms with Crippen molar-refractivity contribution in [3.05, 3.63) is 39.4 Å². The van der Waals surface area contributed by atoms with E-state index in [1.807, 2.05) is 0 Å². The zero-order valence-corrected chi connectivity index (χ0v) is 12.3. The van der Waals surface area contributed by atoms with E-state index in [-0.39, 0.29) is 36.1 Å². The van der Waals surface area contributed by atoms with Gasteiger partial charge in [-0.1, -0.05) is 6.07 Å². The van der Waals surface area contributed by atoms with Gasteiger partial charge in [0.2, 0.25) is 0 Å². The lowest BCUT2D eigenvalue weighted by Crippen LogP contribution is -2.29. The van der Waals surface area contributed by atoms with E-state index in [1.165, 1.54) is 30.1 Å². The Morgan fingerprint density at radius 2 is 2.05 bits per heavy atom. The number of hydrogen-bond acceptors (Lipinski definition) is 5. The van der Waals surface area contributed by atoms with Gasteiger partial charge in [-0.3, -0.25) is 19.7 Å². The molecule has 0 N–H and O–H groups in total.